The third-order valence-electron chi connectivity index (χ3n) is 7.59. The normalized spacial score (nSPS) is 13.9. The Morgan fingerprint density at radius 3 is 2.08 bits per heavy atom. The molecule has 0 bridgehead atoms. The van der Waals surface area contributed by atoms with Crippen LogP contribution in [0.4, 0.5) is 21.0 Å². The fourth-order valence-electron chi connectivity index (χ4n) is 5.55. The van der Waals surface area contributed by atoms with Crippen molar-refractivity contribution >= 4 is 23.6 Å². The van der Waals surface area contributed by atoms with Gasteiger partial charge in [-0.15, -0.1) is 0 Å². The highest BCUT2D eigenvalue weighted by Gasteiger charge is 2.31. The maximum Gasteiger partial charge on any atom is 0.415 e. The molecule has 0 radical (unpaired) electrons. The van der Waals surface area contributed by atoms with Crippen molar-refractivity contribution in [2.45, 2.75) is 25.3 Å². The van der Waals surface area contributed by atoms with Crippen molar-refractivity contribution in [2.75, 3.05) is 30.3 Å². The fraction of sp³-hybridized carbons (Fsp3) is 0.212. The first-order valence-electron chi connectivity index (χ1n) is 13.6. The Hall–Kier alpha value is -4.78. The minimum Gasteiger partial charge on any atom is -0.448 e. The average molecular weight is 534 g/mol. The number of nitrogens with zero attached hydrogens (tertiary/aromatic N) is 2. The number of hydrogen-bond acceptors (Lipinski definition) is 5. The standard InChI is InChI=1S/C33H31N3O4/c34-24-17-15-23(16-18-24)21-36(30-13-5-6-14-31(30)40-32(37)35-19-7-8-20-35)33(38)39-22-29-27-11-3-1-9-25(27)26-10-2-4-12-28(26)29/h1-6,9-18,29H,7-8,19-22,34H2. The Labute approximate surface area is 233 Å². The summed E-state index contributed by atoms with van der Waals surface area (Å²) < 4.78 is 11.8. The molecular weight excluding hydrogens is 502 g/mol. The number of nitrogen functional groups attached to an aromatic ring is 1. The van der Waals surface area contributed by atoms with Gasteiger partial charge in [-0.05, 0) is 64.9 Å². The van der Waals surface area contributed by atoms with Crippen LogP contribution in [0, 0.1) is 0 Å². The van der Waals surface area contributed by atoms with Crippen molar-refractivity contribution < 1.29 is 19.1 Å². The van der Waals surface area contributed by atoms with Crippen LogP contribution in [0.25, 0.3) is 11.1 Å². The number of likely N-dealkylation sites (tertiary alicyclic amines) is 1. The molecule has 2 aliphatic rings. The van der Waals surface area contributed by atoms with Crippen molar-refractivity contribution in [3.63, 3.8) is 0 Å². The molecule has 4 aromatic carbocycles. The SMILES string of the molecule is Nc1ccc(CN(C(=O)OCC2c3ccccc3-c3ccccc32)c2ccccc2OC(=O)N2CCCC2)cc1. The lowest BCUT2D eigenvalue weighted by molar-refractivity contribution is 0.149. The highest BCUT2D eigenvalue weighted by atomic mass is 16.6. The lowest BCUT2D eigenvalue weighted by atomic mass is 9.98. The van der Waals surface area contributed by atoms with Crippen molar-refractivity contribution in [1.82, 2.24) is 4.90 Å². The number of para-hydroxylation sites is 2. The number of fused-ring (bicyclic) bond motifs is 3. The van der Waals surface area contributed by atoms with Crippen LogP contribution in [0.3, 0.4) is 0 Å². The molecule has 1 aliphatic carbocycles. The van der Waals surface area contributed by atoms with Gasteiger partial charge < -0.3 is 20.1 Å². The third-order valence-corrected chi connectivity index (χ3v) is 7.59. The van der Waals surface area contributed by atoms with Gasteiger partial charge in [-0.3, -0.25) is 4.90 Å². The van der Waals surface area contributed by atoms with Crippen molar-refractivity contribution in [3.05, 3.63) is 114 Å². The molecule has 1 aliphatic heterocycles. The van der Waals surface area contributed by atoms with Gasteiger partial charge in [0.05, 0.1) is 12.2 Å². The second kappa shape index (κ2) is 11.1. The molecule has 7 nitrogen and oxygen atoms in total. The number of anilines is 2. The summed E-state index contributed by atoms with van der Waals surface area (Å²) in [6.07, 6.45) is 0.979. The van der Waals surface area contributed by atoms with Crippen molar-refractivity contribution in [1.29, 1.82) is 0 Å². The Morgan fingerprint density at radius 1 is 0.800 bits per heavy atom. The molecule has 0 spiro atoms. The molecule has 0 unspecified atom stereocenters. The quantitative estimate of drug-likeness (QED) is 0.275. The lowest BCUT2D eigenvalue weighted by Crippen LogP contribution is -2.34. The van der Waals surface area contributed by atoms with E-state index in [0.717, 1.165) is 40.7 Å². The van der Waals surface area contributed by atoms with E-state index in [4.69, 9.17) is 15.2 Å². The zero-order valence-electron chi connectivity index (χ0n) is 22.2. The number of rotatable bonds is 6. The van der Waals surface area contributed by atoms with Gasteiger partial charge in [0.15, 0.2) is 5.75 Å². The zero-order chi connectivity index (χ0) is 27.5. The van der Waals surface area contributed by atoms with Crippen LogP contribution in [-0.2, 0) is 11.3 Å². The zero-order valence-corrected chi connectivity index (χ0v) is 22.2. The van der Waals surface area contributed by atoms with Gasteiger partial charge >= 0.3 is 12.2 Å². The monoisotopic (exact) mass is 533 g/mol. The number of amides is 2. The molecule has 2 N–H and O–H groups in total. The van der Waals surface area contributed by atoms with E-state index < -0.39 is 12.2 Å². The van der Waals surface area contributed by atoms with E-state index in [1.807, 2.05) is 42.5 Å². The first kappa shape index (κ1) is 25.5. The predicted molar refractivity (Wildman–Crippen MR) is 155 cm³/mol. The minimum atomic E-state index is -0.525. The molecule has 202 valence electrons. The largest absolute Gasteiger partial charge is 0.448 e. The van der Waals surface area contributed by atoms with Gasteiger partial charge in [0.2, 0.25) is 0 Å². The number of nitrogens with two attached hydrogens (primary N) is 1. The number of benzene rings is 4. The van der Waals surface area contributed by atoms with E-state index >= 15 is 0 Å². The predicted octanol–water partition coefficient (Wildman–Crippen LogP) is 6.82. The van der Waals surface area contributed by atoms with Gasteiger partial charge in [-0.25, -0.2) is 9.59 Å². The molecule has 7 heteroatoms. The first-order valence-corrected chi connectivity index (χ1v) is 13.6. The topological polar surface area (TPSA) is 85.1 Å². The van der Waals surface area contributed by atoms with Crippen LogP contribution in [0.5, 0.6) is 5.75 Å². The second-order valence-corrected chi connectivity index (χ2v) is 10.2. The molecule has 40 heavy (non-hydrogen) atoms. The Balaban J connectivity index is 1.28. The van der Waals surface area contributed by atoms with Gasteiger partial charge in [-0.1, -0.05) is 72.8 Å². The molecule has 0 saturated carbocycles. The summed E-state index contributed by atoms with van der Waals surface area (Å²) in [4.78, 5) is 29.9. The highest BCUT2D eigenvalue weighted by Crippen LogP contribution is 2.44. The van der Waals surface area contributed by atoms with Crippen LogP contribution >= 0.6 is 0 Å². The molecule has 1 saturated heterocycles. The Morgan fingerprint density at radius 2 is 1.40 bits per heavy atom. The maximum atomic E-state index is 13.8. The number of hydrogen-bond donors (Lipinski definition) is 1. The van der Waals surface area contributed by atoms with Crippen molar-refractivity contribution in [2.24, 2.45) is 0 Å². The summed E-state index contributed by atoms with van der Waals surface area (Å²) in [5.41, 5.74) is 12.5. The molecule has 1 heterocycles. The van der Waals surface area contributed by atoms with Gasteiger partial charge in [0, 0.05) is 24.7 Å². The van der Waals surface area contributed by atoms with Crippen molar-refractivity contribution in [3.8, 4) is 16.9 Å². The molecule has 0 aromatic heterocycles. The highest BCUT2D eigenvalue weighted by molar-refractivity contribution is 5.90. The van der Waals surface area contributed by atoms with Crippen LogP contribution < -0.4 is 15.4 Å². The first-order chi connectivity index (χ1) is 19.6. The molecule has 2 amide bonds. The second-order valence-electron chi connectivity index (χ2n) is 10.2. The van der Waals surface area contributed by atoms with E-state index in [1.54, 1.807) is 35.2 Å². The Kier molecular flexibility index (Phi) is 7.10. The Bertz CT molecular complexity index is 1480. The van der Waals surface area contributed by atoms with Gasteiger partial charge in [0.1, 0.15) is 6.61 Å². The number of ether oxygens (including phenoxy) is 2. The summed E-state index contributed by atoms with van der Waals surface area (Å²) in [5, 5.41) is 0. The lowest BCUT2D eigenvalue weighted by Gasteiger charge is -2.26. The average Bonchev–Trinajstić information content (AvgIpc) is 3.63. The van der Waals surface area contributed by atoms with Crippen LogP contribution in [0.2, 0.25) is 0 Å². The number of carbonyl (C=O) groups is 2. The summed E-state index contributed by atoms with van der Waals surface area (Å²) in [6.45, 7) is 1.74. The summed E-state index contributed by atoms with van der Waals surface area (Å²) in [7, 11) is 0. The molecule has 0 atom stereocenters. The maximum absolute atomic E-state index is 13.8. The molecule has 1 fully saturated rings. The van der Waals surface area contributed by atoms with E-state index in [0.29, 0.717) is 30.2 Å². The van der Waals surface area contributed by atoms with E-state index in [9.17, 15) is 9.59 Å². The van der Waals surface area contributed by atoms with Crippen LogP contribution in [0.15, 0.2) is 97.1 Å². The van der Waals surface area contributed by atoms with E-state index in [2.05, 4.69) is 24.3 Å². The minimum absolute atomic E-state index is 0.0713. The summed E-state index contributed by atoms with van der Waals surface area (Å²) >= 11 is 0. The molecular formula is C33H31N3O4. The van der Waals surface area contributed by atoms with Gasteiger partial charge in [0.25, 0.3) is 0 Å². The smallest absolute Gasteiger partial charge is 0.415 e. The number of carbonyl (C=O) groups excluding carboxylic acids is 2. The molecule has 6 rings (SSSR count). The van der Waals surface area contributed by atoms with Crippen LogP contribution in [-0.4, -0.2) is 36.8 Å². The van der Waals surface area contributed by atoms with Gasteiger partial charge in [-0.2, -0.15) is 0 Å². The summed E-state index contributed by atoms with van der Waals surface area (Å²) in [5.74, 6) is 0.237. The summed E-state index contributed by atoms with van der Waals surface area (Å²) in [6, 6.07) is 30.9. The van der Waals surface area contributed by atoms with E-state index in [1.165, 1.54) is 4.90 Å². The van der Waals surface area contributed by atoms with E-state index in [-0.39, 0.29) is 19.1 Å². The fourth-order valence-corrected chi connectivity index (χ4v) is 5.55. The van der Waals surface area contributed by atoms with Crippen LogP contribution in [0.1, 0.15) is 35.4 Å². The molecule has 4 aromatic rings. The third kappa shape index (κ3) is 5.10.